The smallest absolute Gasteiger partial charge is 0.322 e. The summed E-state index contributed by atoms with van der Waals surface area (Å²) in [6.45, 7) is 0.211. The normalized spacial score (nSPS) is 10.8. The average molecular weight is 228 g/mol. The summed E-state index contributed by atoms with van der Waals surface area (Å²) in [5.41, 5.74) is 5.25. The molecule has 1 unspecified atom stereocenters. The quantitative estimate of drug-likeness (QED) is 0.770. The molecule has 0 saturated carbocycles. The van der Waals surface area contributed by atoms with Gasteiger partial charge >= 0.3 is 5.97 Å². The van der Waals surface area contributed by atoms with E-state index in [1.165, 1.54) is 4.68 Å². The summed E-state index contributed by atoms with van der Waals surface area (Å²) in [7, 11) is 0. The molecular formula is C6H11Cl2N3O2. The summed E-state index contributed by atoms with van der Waals surface area (Å²) in [6, 6.07) is 0.837. The van der Waals surface area contributed by atoms with E-state index in [1.54, 1.807) is 18.5 Å². The first-order chi connectivity index (χ1) is 5.20. The molecule has 1 heterocycles. The number of carboxylic acids is 1. The third-order valence-electron chi connectivity index (χ3n) is 1.26. The molecule has 5 nitrogen and oxygen atoms in total. The lowest BCUT2D eigenvalue weighted by Gasteiger charge is -2.04. The van der Waals surface area contributed by atoms with Crippen LogP contribution in [0.25, 0.3) is 0 Å². The number of aliphatic carboxylic acids is 1. The predicted molar refractivity (Wildman–Crippen MR) is 52.3 cm³/mol. The minimum atomic E-state index is -1.01. The summed E-state index contributed by atoms with van der Waals surface area (Å²) in [5.74, 6) is -1.01. The summed E-state index contributed by atoms with van der Waals surface area (Å²) in [5, 5.41) is 12.2. The number of nitrogens with two attached hydrogens (primary N) is 1. The van der Waals surface area contributed by atoms with Gasteiger partial charge in [-0.2, -0.15) is 5.10 Å². The molecule has 0 amide bonds. The van der Waals surface area contributed by atoms with E-state index >= 15 is 0 Å². The second-order valence-electron chi connectivity index (χ2n) is 2.17. The summed E-state index contributed by atoms with van der Waals surface area (Å²) in [4.78, 5) is 10.3. The maximum Gasteiger partial charge on any atom is 0.322 e. The minimum absolute atomic E-state index is 0. The third kappa shape index (κ3) is 4.72. The van der Waals surface area contributed by atoms with E-state index in [9.17, 15) is 4.79 Å². The Labute approximate surface area is 87.7 Å². The van der Waals surface area contributed by atoms with Crippen molar-refractivity contribution in [3.05, 3.63) is 18.5 Å². The van der Waals surface area contributed by atoms with Gasteiger partial charge in [0.15, 0.2) is 0 Å². The van der Waals surface area contributed by atoms with Crippen LogP contribution in [0.1, 0.15) is 0 Å². The lowest BCUT2D eigenvalue weighted by molar-refractivity contribution is -0.138. The zero-order chi connectivity index (χ0) is 8.27. The number of nitrogens with zero attached hydrogens (tertiary/aromatic N) is 2. The fraction of sp³-hybridized carbons (Fsp3) is 0.333. The van der Waals surface area contributed by atoms with Crippen molar-refractivity contribution in [1.29, 1.82) is 0 Å². The summed E-state index contributed by atoms with van der Waals surface area (Å²) >= 11 is 0. The van der Waals surface area contributed by atoms with Crippen LogP contribution in [0.2, 0.25) is 0 Å². The molecular weight excluding hydrogens is 217 g/mol. The zero-order valence-electron chi connectivity index (χ0n) is 6.66. The second-order valence-corrected chi connectivity index (χ2v) is 2.17. The summed E-state index contributed by atoms with van der Waals surface area (Å²) in [6.07, 6.45) is 3.25. The van der Waals surface area contributed by atoms with Crippen molar-refractivity contribution in [2.45, 2.75) is 12.6 Å². The van der Waals surface area contributed by atoms with Gasteiger partial charge in [0.05, 0.1) is 6.54 Å². The van der Waals surface area contributed by atoms with Crippen LogP contribution in [0.4, 0.5) is 0 Å². The molecule has 1 rings (SSSR count). The van der Waals surface area contributed by atoms with Crippen molar-refractivity contribution in [1.82, 2.24) is 9.78 Å². The van der Waals surface area contributed by atoms with E-state index in [4.69, 9.17) is 10.8 Å². The summed E-state index contributed by atoms with van der Waals surface area (Å²) < 4.78 is 1.48. The van der Waals surface area contributed by atoms with Crippen LogP contribution in [0.3, 0.4) is 0 Å². The maximum absolute atomic E-state index is 10.3. The number of hydrogen-bond donors (Lipinski definition) is 2. The van der Waals surface area contributed by atoms with Crippen molar-refractivity contribution >= 4 is 30.8 Å². The van der Waals surface area contributed by atoms with Crippen LogP contribution < -0.4 is 5.73 Å². The molecule has 76 valence electrons. The number of hydrogen-bond acceptors (Lipinski definition) is 3. The Hall–Kier alpha value is -0.780. The van der Waals surface area contributed by atoms with Crippen molar-refractivity contribution in [2.24, 2.45) is 5.73 Å². The molecule has 1 aromatic rings. The molecule has 0 spiro atoms. The highest BCUT2D eigenvalue weighted by molar-refractivity contribution is 5.85. The number of rotatable bonds is 3. The number of carbonyl (C=O) groups is 1. The molecule has 0 aromatic carbocycles. The maximum atomic E-state index is 10.3. The second kappa shape index (κ2) is 6.71. The molecule has 1 aromatic heterocycles. The van der Waals surface area contributed by atoms with Crippen LogP contribution in [0.15, 0.2) is 18.5 Å². The highest BCUT2D eigenvalue weighted by atomic mass is 35.5. The van der Waals surface area contributed by atoms with E-state index in [1.807, 2.05) is 0 Å². The van der Waals surface area contributed by atoms with Gasteiger partial charge in [-0.3, -0.25) is 9.48 Å². The Bertz CT molecular complexity index is 240. The van der Waals surface area contributed by atoms with Gasteiger partial charge in [0.2, 0.25) is 0 Å². The molecule has 0 bridgehead atoms. The Kier molecular flexibility index (Phi) is 7.60. The van der Waals surface area contributed by atoms with E-state index in [-0.39, 0.29) is 31.4 Å². The highest BCUT2D eigenvalue weighted by Gasteiger charge is 2.11. The van der Waals surface area contributed by atoms with E-state index < -0.39 is 12.0 Å². The first-order valence-corrected chi connectivity index (χ1v) is 3.16. The Balaban J connectivity index is 0. The lowest BCUT2D eigenvalue weighted by atomic mass is 10.3. The molecule has 0 saturated heterocycles. The van der Waals surface area contributed by atoms with Gasteiger partial charge in [-0.15, -0.1) is 24.8 Å². The van der Waals surface area contributed by atoms with Crippen molar-refractivity contribution in [2.75, 3.05) is 0 Å². The van der Waals surface area contributed by atoms with Crippen molar-refractivity contribution in [3.63, 3.8) is 0 Å². The number of carboxylic acid groups (broad SMARTS) is 1. The first-order valence-electron chi connectivity index (χ1n) is 3.16. The Morgan fingerprint density at radius 3 is 2.62 bits per heavy atom. The molecule has 1 atom stereocenters. The molecule has 13 heavy (non-hydrogen) atoms. The molecule has 0 radical (unpaired) electrons. The van der Waals surface area contributed by atoms with Gasteiger partial charge in [-0.05, 0) is 6.07 Å². The molecule has 3 N–H and O–H groups in total. The predicted octanol–water partition coefficient (Wildman–Crippen LogP) is 0.139. The number of halogens is 2. The molecule has 0 aliphatic heterocycles. The van der Waals surface area contributed by atoms with Gasteiger partial charge in [0.1, 0.15) is 6.04 Å². The standard InChI is InChI=1S/C6H9N3O2.2ClH/c7-5(6(10)11)4-9-3-1-2-8-9;;/h1-3,5H,4,7H2,(H,10,11);2*1H. The van der Waals surface area contributed by atoms with E-state index in [0.29, 0.717) is 0 Å². The average Bonchev–Trinajstić information content (AvgIpc) is 2.39. The van der Waals surface area contributed by atoms with Gasteiger partial charge in [0, 0.05) is 12.4 Å². The fourth-order valence-electron chi connectivity index (χ4n) is 0.688. The van der Waals surface area contributed by atoms with Crippen LogP contribution in [0.5, 0.6) is 0 Å². The fourth-order valence-corrected chi connectivity index (χ4v) is 0.688. The molecule has 0 aliphatic carbocycles. The Morgan fingerprint density at radius 1 is 1.62 bits per heavy atom. The number of aromatic nitrogens is 2. The lowest BCUT2D eigenvalue weighted by Crippen LogP contribution is -2.34. The van der Waals surface area contributed by atoms with Crippen molar-refractivity contribution in [3.8, 4) is 0 Å². The van der Waals surface area contributed by atoms with Crippen LogP contribution in [-0.2, 0) is 11.3 Å². The van der Waals surface area contributed by atoms with Gasteiger partial charge in [-0.1, -0.05) is 0 Å². The van der Waals surface area contributed by atoms with Crippen LogP contribution >= 0.6 is 24.8 Å². The zero-order valence-corrected chi connectivity index (χ0v) is 8.29. The van der Waals surface area contributed by atoms with Gasteiger partial charge in [-0.25, -0.2) is 0 Å². The first kappa shape index (κ1) is 14.7. The van der Waals surface area contributed by atoms with Crippen molar-refractivity contribution < 1.29 is 9.90 Å². The highest BCUT2D eigenvalue weighted by Crippen LogP contribution is 1.87. The van der Waals surface area contributed by atoms with Gasteiger partial charge < -0.3 is 10.8 Å². The minimum Gasteiger partial charge on any atom is -0.480 e. The monoisotopic (exact) mass is 227 g/mol. The largest absolute Gasteiger partial charge is 0.480 e. The molecule has 0 aliphatic rings. The van der Waals surface area contributed by atoms with Crippen LogP contribution in [-0.4, -0.2) is 26.9 Å². The van der Waals surface area contributed by atoms with E-state index in [2.05, 4.69) is 5.10 Å². The molecule has 0 fully saturated rings. The molecule has 7 heteroatoms. The Morgan fingerprint density at radius 2 is 2.23 bits per heavy atom. The van der Waals surface area contributed by atoms with Gasteiger partial charge in [0.25, 0.3) is 0 Å². The topological polar surface area (TPSA) is 81.1 Å². The van der Waals surface area contributed by atoms with Crippen LogP contribution in [0, 0.1) is 0 Å². The third-order valence-corrected chi connectivity index (χ3v) is 1.26. The SMILES string of the molecule is Cl.Cl.NC(Cn1cccn1)C(=O)O. The van der Waals surface area contributed by atoms with E-state index in [0.717, 1.165) is 0 Å².